The highest BCUT2D eigenvalue weighted by atomic mass is 19.4. The lowest BCUT2D eigenvalue weighted by molar-refractivity contribution is -0.153. The van der Waals surface area contributed by atoms with E-state index in [-0.39, 0.29) is 0 Å². The van der Waals surface area contributed by atoms with Gasteiger partial charge in [-0.25, -0.2) is 0 Å². The molecule has 35 heavy (non-hydrogen) atoms. The minimum absolute atomic E-state index is 0.312. The maximum atomic E-state index is 13.3. The van der Waals surface area contributed by atoms with E-state index < -0.39 is 48.5 Å². The van der Waals surface area contributed by atoms with Crippen LogP contribution >= 0.6 is 0 Å². The van der Waals surface area contributed by atoms with Gasteiger partial charge in [0.25, 0.3) is 5.56 Å². The Morgan fingerprint density at radius 2 is 1.77 bits per heavy atom. The Kier molecular flexibility index (Phi) is 7.73. The van der Waals surface area contributed by atoms with E-state index in [1.165, 1.54) is 18.3 Å². The van der Waals surface area contributed by atoms with E-state index in [0.29, 0.717) is 15.7 Å². The van der Waals surface area contributed by atoms with Crippen LogP contribution in [0, 0.1) is 13.8 Å². The number of pyridine rings is 2. The molecule has 0 aliphatic carbocycles. The number of aliphatic carboxylic acids is 1. The molecule has 0 spiro atoms. The van der Waals surface area contributed by atoms with Gasteiger partial charge in [0.2, 0.25) is 5.91 Å². The number of carboxylic acids is 1. The highest BCUT2D eigenvalue weighted by molar-refractivity contribution is 5.82. The predicted molar refractivity (Wildman–Crippen MR) is 123 cm³/mol. The number of rotatable bonds is 8. The first-order valence-electron chi connectivity index (χ1n) is 10.7. The number of halogens is 3. The van der Waals surface area contributed by atoms with Crippen molar-refractivity contribution in [3.63, 3.8) is 0 Å². The molecule has 1 amide bonds. The summed E-state index contributed by atoms with van der Waals surface area (Å²) in [5.74, 6) is -2.39. The second-order valence-corrected chi connectivity index (χ2v) is 8.21. The summed E-state index contributed by atoms with van der Waals surface area (Å²) in [5.41, 5.74) is 2.99. The van der Waals surface area contributed by atoms with Crippen molar-refractivity contribution in [1.82, 2.24) is 14.9 Å². The molecule has 0 aliphatic heterocycles. The van der Waals surface area contributed by atoms with E-state index in [2.05, 4.69) is 10.3 Å². The number of carbonyl (C=O) groups is 2. The maximum absolute atomic E-state index is 13.3. The molecule has 2 unspecified atom stereocenters. The van der Waals surface area contributed by atoms with Gasteiger partial charge in [-0.15, -0.1) is 0 Å². The molecule has 0 radical (unpaired) electrons. The normalized spacial score (nSPS) is 13.2. The monoisotopic (exact) mass is 487 g/mol. The van der Waals surface area contributed by atoms with Crippen molar-refractivity contribution in [2.45, 2.75) is 44.9 Å². The molecule has 3 rings (SSSR count). The van der Waals surface area contributed by atoms with Crippen LogP contribution in [-0.4, -0.2) is 32.7 Å². The first kappa shape index (κ1) is 25.7. The van der Waals surface area contributed by atoms with E-state index in [0.717, 1.165) is 29.0 Å². The zero-order valence-corrected chi connectivity index (χ0v) is 19.0. The predicted octanol–water partition coefficient (Wildman–Crippen LogP) is 4.35. The number of carbonyl (C=O) groups excluding carboxylic acids is 1. The van der Waals surface area contributed by atoms with Gasteiger partial charge in [-0.1, -0.05) is 24.3 Å². The summed E-state index contributed by atoms with van der Waals surface area (Å²) < 4.78 is 40.5. The molecule has 10 heteroatoms. The van der Waals surface area contributed by atoms with Crippen molar-refractivity contribution in [2.24, 2.45) is 0 Å². The van der Waals surface area contributed by atoms with Gasteiger partial charge >= 0.3 is 12.1 Å². The van der Waals surface area contributed by atoms with E-state index in [9.17, 15) is 32.7 Å². The fourth-order valence-electron chi connectivity index (χ4n) is 3.98. The van der Waals surface area contributed by atoms with Crippen LogP contribution in [0.5, 0.6) is 0 Å². The highest BCUT2D eigenvalue weighted by Gasteiger charge is 2.37. The third-order valence-corrected chi connectivity index (χ3v) is 5.54. The Morgan fingerprint density at radius 1 is 1.09 bits per heavy atom. The summed E-state index contributed by atoms with van der Waals surface area (Å²) in [4.78, 5) is 40.9. The Hall–Kier alpha value is -3.95. The van der Waals surface area contributed by atoms with Crippen LogP contribution < -0.4 is 10.9 Å². The van der Waals surface area contributed by atoms with E-state index in [1.54, 1.807) is 12.3 Å². The van der Waals surface area contributed by atoms with Gasteiger partial charge in [-0.3, -0.25) is 19.4 Å². The second kappa shape index (κ2) is 10.5. The van der Waals surface area contributed by atoms with Crippen LogP contribution in [0.1, 0.15) is 41.6 Å². The molecule has 0 saturated heterocycles. The minimum Gasteiger partial charge on any atom is -0.481 e. The van der Waals surface area contributed by atoms with Crippen LogP contribution in [0.3, 0.4) is 0 Å². The van der Waals surface area contributed by atoms with Crippen LogP contribution in [0.25, 0.3) is 11.1 Å². The van der Waals surface area contributed by atoms with Gasteiger partial charge < -0.3 is 15.0 Å². The number of carboxylic acid groups (broad SMARTS) is 1. The maximum Gasteiger partial charge on any atom is 0.391 e. The largest absolute Gasteiger partial charge is 0.481 e. The summed E-state index contributed by atoms with van der Waals surface area (Å²) in [6.07, 6.45) is -2.89. The molecule has 184 valence electrons. The van der Waals surface area contributed by atoms with Crippen molar-refractivity contribution in [3.05, 3.63) is 88.1 Å². The van der Waals surface area contributed by atoms with Crippen LogP contribution in [0.4, 0.5) is 13.2 Å². The molecule has 2 heterocycles. The number of aromatic nitrogens is 2. The number of nitrogens with zero attached hydrogens (tertiary/aromatic N) is 2. The Bertz CT molecular complexity index is 1270. The first-order chi connectivity index (χ1) is 16.5. The van der Waals surface area contributed by atoms with Gasteiger partial charge in [0.1, 0.15) is 6.04 Å². The lowest BCUT2D eigenvalue weighted by Crippen LogP contribution is -2.41. The first-order valence-corrected chi connectivity index (χ1v) is 10.7. The number of nitrogens with one attached hydrogen (secondary N) is 1. The number of hydrogen-bond acceptors (Lipinski definition) is 4. The smallest absolute Gasteiger partial charge is 0.391 e. The van der Waals surface area contributed by atoms with E-state index >= 15 is 0 Å². The van der Waals surface area contributed by atoms with Crippen molar-refractivity contribution >= 4 is 11.9 Å². The van der Waals surface area contributed by atoms with Gasteiger partial charge in [0, 0.05) is 30.2 Å². The van der Waals surface area contributed by atoms with Crippen molar-refractivity contribution in [2.75, 3.05) is 0 Å². The Balaban J connectivity index is 1.99. The molecule has 0 aliphatic rings. The number of hydrogen-bond donors (Lipinski definition) is 2. The standard InChI is InChI=1S/C25H24F3N3O4/c1-15-6-5-7-16(2)23(15)18-10-17(13-29-14-18)19(11-22(33)34)30-24(35)20(12-25(26,27)28)31-9-4-3-8-21(31)32/h3-10,13-14,19-20H,11-12H2,1-2H3,(H,30,35)(H,33,34). The number of alkyl halides is 3. The summed E-state index contributed by atoms with van der Waals surface area (Å²) >= 11 is 0. The molecular formula is C25H24F3N3O4. The average molecular weight is 487 g/mol. The van der Waals surface area contributed by atoms with Crippen molar-refractivity contribution in [3.8, 4) is 11.1 Å². The van der Waals surface area contributed by atoms with Gasteiger partial charge in [-0.05, 0) is 48.2 Å². The molecule has 1 aromatic carbocycles. The van der Waals surface area contributed by atoms with E-state index in [4.69, 9.17) is 0 Å². The van der Waals surface area contributed by atoms with Crippen molar-refractivity contribution in [1.29, 1.82) is 0 Å². The zero-order valence-electron chi connectivity index (χ0n) is 19.0. The van der Waals surface area contributed by atoms with E-state index in [1.807, 2.05) is 32.0 Å². The molecule has 0 saturated carbocycles. The zero-order chi connectivity index (χ0) is 25.8. The lowest BCUT2D eigenvalue weighted by atomic mass is 9.94. The second-order valence-electron chi connectivity index (χ2n) is 8.21. The molecule has 3 aromatic rings. The molecular weight excluding hydrogens is 463 g/mol. The van der Waals surface area contributed by atoms with Crippen LogP contribution in [-0.2, 0) is 9.59 Å². The molecule has 7 nitrogen and oxygen atoms in total. The third-order valence-electron chi connectivity index (χ3n) is 5.54. The molecule has 0 fully saturated rings. The average Bonchev–Trinajstić information content (AvgIpc) is 2.77. The number of benzene rings is 1. The topological polar surface area (TPSA) is 101 Å². The van der Waals surface area contributed by atoms with Crippen molar-refractivity contribution < 1.29 is 27.9 Å². The minimum atomic E-state index is -4.75. The summed E-state index contributed by atoms with van der Waals surface area (Å²) in [6.45, 7) is 3.82. The van der Waals surface area contributed by atoms with Crippen LogP contribution in [0.15, 0.2) is 65.8 Å². The quantitative estimate of drug-likeness (QED) is 0.492. The van der Waals surface area contributed by atoms with Gasteiger partial charge in [0.05, 0.1) is 18.9 Å². The molecule has 2 aromatic heterocycles. The fourth-order valence-corrected chi connectivity index (χ4v) is 3.98. The molecule has 2 atom stereocenters. The summed E-state index contributed by atoms with van der Waals surface area (Å²) in [6, 6.07) is 8.01. The highest BCUT2D eigenvalue weighted by Crippen LogP contribution is 2.31. The number of aryl methyl sites for hydroxylation is 2. The number of amides is 1. The van der Waals surface area contributed by atoms with Crippen LogP contribution in [0.2, 0.25) is 0 Å². The molecule has 0 bridgehead atoms. The Morgan fingerprint density at radius 3 is 2.37 bits per heavy atom. The summed E-state index contributed by atoms with van der Waals surface area (Å²) in [7, 11) is 0. The molecule has 2 N–H and O–H groups in total. The SMILES string of the molecule is Cc1cccc(C)c1-c1cncc(C(CC(=O)O)NC(=O)C(CC(F)(F)F)n2ccccc2=O)c1. The third kappa shape index (κ3) is 6.56. The van der Waals surface area contributed by atoms with Gasteiger partial charge in [0.15, 0.2) is 0 Å². The van der Waals surface area contributed by atoms with Gasteiger partial charge in [-0.2, -0.15) is 13.2 Å². The fraction of sp³-hybridized carbons (Fsp3) is 0.280. The Labute approximate surface area is 199 Å². The lowest BCUT2D eigenvalue weighted by Gasteiger charge is -2.24. The summed E-state index contributed by atoms with van der Waals surface area (Å²) in [5, 5.41) is 11.8.